The van der Waals surface area contributed by atoms with Crippen LogP contribution in [0.25, 0.3) is 0 Å². The lowest BCUT2D eigenvalue weighted by molar-refractivity contribution is -0.0410. The summed E-state index contributed by atoms with van der Waals surface area (Å²) in [5.74, 6) is -0.946. The topological polar surface area (TPSA) is 49.8 Å². The standard InChI is InChI=1S/C14H16ClNO3/c15-13-5-9(14(17)18)1-2-10(13)6-16-7-11-3-4-12(8-16)19-11/h1-2,5,11-12H,3-4,6-8H2,(H,17,18). The predicted octanol–water partition coefficient (Wildman–Crippen LogP) is 2.40. The van der Waals surface area contributed by atoms with Crippen LogP contribution in [0.3, 0.4) is 0 Å². The van der Waals surface area contributed by atoms with Gasteiger partial charge in [-0.25, -0.2) is 4.79 Å². The van der Waals surface area contributed by atoms with Crippen molar-refractivity contribution in [3.8, 4) is 0 Å². The van der Waals surface area contributed by atoms with Crippen LogP contribution in [-0.2, 0) is 11.3 Å². The van der Waals surface area contributed by atoms with Crippen molar-refractivity contribution >= 4 is 17.6 Å². The molecule has 3 rings (SSSR count). The number of aromatic carboxylic acids is 1. The van der Waals surface area contributed by atoms with Crippen molar-refractivity contribution in [3.63, 3.8) is 0 Å². The van der Waals surface area contributed by atoms with Crippen LogP contribution < -0.4 is 0 Å². The molecule has 1 aromatic carbocycles. The van der Waals surface area contributed by atoms with Gasteiger partial charge in [0, 0.05) is 24.7 Å². The molecule has 2 bridgehead atoms. The number of hydrogen-bond donors (Lipinski definition) is 1. The van der Waals surface area contributed by atoms with Crippen LogP contribution in [0.2, 0.25) is 5.02 Å². The second-order valence-electron chi connectivity index (χ2n) is 5.26. The minimum atomic E-state index is -0.946. The van der Waals surface area contributed by atoms with Crippen LogP contribution in [0.5, 0.6) is 0 Å². The Morgan fingerprint density at radius 3 is 2.63 bits per heavy atom. The van der Waals surface area contributed by atoms with Gasteiger partial charge in [0.2, 0.25) is 0 Å². The van der Waals surface area contributed by atoms with Crippen LogP contribution in [0, 0.1) is 0 Å². The molecule has 0 saturated carbocycles. The van der Waals surface area contributed by atoms with E-state index in [2.05, 4.69) is 4.90 Å². The second kappa shape index (κ2) is 5.12. The van der Waals surface area contributed by atoms with Crippen LogP contribution >= 0.6 is 11.6 Å². The first-order chi connectivity index (χ1) is 9.11. The number of morpholine rings is 1. The summed E-state index contributed by atoms with van der Waals surface area (Å²) in [4.78, 5) is 13.2. The third-order valence-corrected chi connectivity index (χ3v) is 4.17. The summed E-state index contributed by atoms with van der Waals surface area (Å²) in [6, 6.07) is 4.94. The first kappa shape index (κ1) is 12.9. The summed E-state index contributed by atoms with van der Waals surface area (Å²) >= 11 is 6.16. The smallest absolute Gasteiger partial charge is 0.335 e. The number of carbonyl (C=O) groups is 1. The van der Waals surface area contributed by atoms with Gasteiger partial charge in [-0.05, 0) is 30.5 Å². The van der Waals surface area contributed by atoms with Crippen molar-refractivity contribution in [1.82, 2.24) is 4.90 Å². The molecule has 2 heterocycles. The SMILES string of the molecule is O=C(O)c1ccc(CN2CC3CCC(C2)O3)c(Cl)c1. The summed E-state index contributed by atoms with van der Waals surface area (Å²) in [5.41, 5.74) is 1.21. The fraction of sp³-hybridized carbons (Fsp3) is 0.500. The summed E-state index contributed by atoms with van der Waals surface area (Å²) in [7, 11) is 0. The first-order valence-electron chi connectivity index (χ1n) is 6.51. The minimum Gasteiger partial charge on any atom is -0.478 e. The maximum atomic E-state index is 10.9. The summed E-state index contributed by atoms with van der Waals surface area (Å²) < 4.78 is 5.79. The molecule has 1 N–H and O–H groups in total. The van der Waals surface area contributed by atoms with E-state index in [0.29, 0.717) is 17.2 Å². The Morgan fingerprint density at radius 2 is 2.05 bits per heavy atom. The summed E-state index contributed by atoms with van der Waals surface area (Å²) in [6.45, 7) is 2.64. The molecule has 2 aliphatic rings. The average Bonchev–Trinajstić information content (AvgIpc) is 2.71. The van der Waals surface area contributed by atoms with E-state index in [9.17, 15) is 4.79 Å². The number of ether oxygens (including phenoxy) is 1. The highest BCUT2D eigenvalue weighted by Gasteiger charge is 2.33. The highest BCUT2D eigenvalue weighted by atomic mass is 35.5. The molecule has 0 aliphatic carbocycles. The van der Waals surface area contributed by atoms with Gasteiger partial charge in [0.25, 0.3) is 0 Å². The number of carboxylic acid groups (broad SMARTS) is 1. The van der Waals surface area contributed by atoms with Crippen molar-refractivity contribution in [2.75, 3.05) is 13.1 Å². The molecule has 0 spiro atoms. The summed E-state index contributed by atoms with van der Waals surface area (Å²) in [6.07, 6.45) is 3.01. The average molecular weight is 282 g/mol. The molecule has 2 atom stereocenters. The van der Waals surface area contributed by atoms with Gasteiger partial charge in [0.05, 0.1) is 17.8 Å². The van der Waals surface area contributed by atoms with Crippen LogP contribution in [0.15, 0.2) is 18.2 Å². The number of nitrogens with zero attached hydrogens (tertiary/aromatic N) is 1. The molecule has 1 aromatic rings. The number of hydrogen-bond acceptors (Lipinski definition) is 3. The zero-order chi connectivity index (χ0) is 13.4. The predicted molar refractivity (Wildman–Crippen MR) is 71.6 cm³/mol. The molecule has 0 amide bonds. The van der Waals surface area contributed by atoms with Crippen molar-refractivity contribution in [2.24, 2.45) is 0 Å². The number of carboxylic acids is 1. The Balaban J connectivity index is 1.71. The molecule has 5 heteroatoms. The molecule has 2 saturated heterocycles. The number of benzene rings is 1. The van der Waals surface area contributed by atoms with E-state index in [-0.39, 0.29) is 5.56 Å². The Hall–Kier alpha value is -1.10. The molecular formula is C14H16ClNO3. The molecule has 2 unspecified atom stereocenters. The van der Waals surface area contributed by atoms with E-state index in [1.165, 1.54) is 6.07 Å². The minimum absolute atomic E-state index is 0.232. The molecule has 0 radical (unpaired) electrons. The second-order valence-corrected chi connectivity index (χ2v) is 5.67. The van der Waals surface area contributed by atoms with Crippen molar-refractivity contribution in [1.29, 1.82) is 0 Å². The largest absolute Gasteiger partial charge is 0.478 e. The van der Waals surface area contributed by atoms with Crippen molar-refractivity contribution < 1.29 is 14.6 Å². The summed E-state index contributed by atoms with van der Waals surface area (Å²) in [5, 5.41) is 9.44. The molecule has 102 valence electrons. The number of likely N-dealkylation sites (tertiary alicyclic amines) is 1. The first-order valence-corrected chi connectivity index (χ1v) is 6.89. The zero-order valence-electron chi connectivity index (χ0n) is 10.5. The van der Waals surface area contributed by atoms with Gasteiger partial charge in [-0.1, -0.05) is 17.7 Å². The fourth-order valence-electron chi connectivity index (χ4n) is 2.88. The zero-order valence-corrected chi connectivity index (χ0v) is 11.3. The van der Waals surface area contributed by atoms with Gasteiger partial charge in [0.15, 0.2) is 0 Å². The Bertz CT molecular complexity index is 493. The van der Waals surface area contributed by atoms with Gasteiger partial charge in [-0.2, -0.15) is 0 Å². The lowest BCUT2D eigenvalue weighted by atomic mass is 10.1. The Labute approximate surface area is 116 Å². The molecule has 19 heavy (non-hydrogen) atoms. The van der Waals surface area contributed by atoms with Gasteiger partial charge in [-0.3, -0.25) is 4.90 Å². The third-order valence-electron chi connectivity index (χ3n) is 3.81. The fourth-order valence-corrected chi connectivity index (χ4v) is 3.12. The monoisotopic (exact) mass is 281 g/mol. The van der Waals surface area contributed by atoms with E-state index >= 15 is 0 Å². The van der Waals surface area contributed by atoms with Gasteiger partial charge < -0.3 is 9.84 Å². The van der Waals surface area contributed by atoms with Crippen molar-refractivity contribution in [3.05, 3.63) is 34.3 Å². The molecule has 0 aromatic heterocycles. The maximum absolute atomic E-state index is 10.9. The van der Waals surface area contributed by atoms with Gasteiger partial charge >= 0.3 is 5.97 Å². The number of halogens is 1. The van der Waals surface area contributed by atoms with Gasteiger partial charge in [0.1, 0.15) is 0 Å². The van der Waals surface area contributed by atoms with Crippen LogP contribution in [0.1, 0.15) is 28.8 Å². The van der Waals surface area contributed by atoms with Crippen LogP contribution in [-0.4, -0.2) is 41.3 Å². The number of fused-ring (bicyclic) bond motifs is 2. The maximum Gasteiger partial charge on any atom is 0.335 e. The number of rotatable bonds is 3. The third kappa shape index (κ3) is 2.76. The lowest BCUT2D eigenvalue weighted by Gasteiger charge is -2.32. The van der Waals surface area contributed by atoms with E-state index in [4.69, 9.17) is 21.4 Å². The van der Waals surface area contributed by atoms with E-state index < -0.39 is 5.97 Å². The molecule has 2 aliphatic heterocycles. The molecule has 2 fully saturated rings. The lowest BCUT2D eigenvalue weighted by Crippen LogP contribution is -2.42. The quantitative estimate of drug-likeness (QED) is 0.924. The van der Waals surface area contributed by atoms with E-state index in [0.717, 1.165) is 38.0 Å². The highest BCUT2D eigenvalue weighted by molar-refractivity contribution is 6.31. The highest BCUT2D eigenvalue weighted by Crippen LogP contribution is 2.28. The molecule has 4 nitrogen and oxygen atoms in total. The molecular weight excluding hydrogens is 266 g/mol. The Morgan fingerprint density at radius 1 is 1.37 bits per heavy atom. The van der Waals surface area contributed by atoms with Crippen molar-refractivity contribution in [2.45, 2.75) is 31.6 Å². The normalized spacial score (nSPS) is 26.6. The Kier molecular flexibility index (Phi) is 3.48. The van der Waals surface area contributed by atoms with Crippen LogP contribution in [0.4, 0.5) is 0 Å². The van der Waals surface area contributed by atoms with Gasteiger partial charge in [-0.15, -0.1) is 0 Å². The van der Waals surface area contributed by atoms with E-state index in [1.807, 2.05) is 6.07 Å². The van der Waals surface area contributed by atoms with E-state index in [1.54, 1.807) is 6.07 Å².